The van der Waals surface area contributed by atoms with Crippen LogP contribution < -0.4 is 0 Å². The Hall–Kier alpha value is 0.360. The maximum absolute atomic E-state index is 12.3. The molecule has 1 heterocycles. The van der Waals surface area contributed by atoms with E-state index >= 15 is 0 Å². The lowest BCUT2D eigenvalue weighted by atomic mass is 10.0. The maximum atomic E-state index is 12.3. The van der Waals surface area contributed by atoms with Crippen LogP contribution in [0, 0.1) is 0 Å². The molecule has 33 heavy (non-hydrogen) atoms. The smallest absolute Gasteiger partial charge is 0.247 e. The summed E-state index contributed by atoms with van der Waals surface area (Å²) in [4.78, 5) is 0. The van der Waals surface area contributed by atoms with Gasteiger partial charge in [0.05, 0.1) is 18.1 Å². The van der Waals surface area contributed by atoms with E-state index in [1.165, 1.54) is 0 Å². The molecule has 0 bridgehead atoms. The summed E-state index contributed by atoms with van der Waals surface area (Å²) >= 11 is 13.0. The van der Waals surface area contributed by atoms with Gasteiger partial charge in [-0.3, -0.25) is 0 Å². The van der Waals surface area contributed by atoms with Crippen LogP contribution in [0.4, 0.5) is 0 Å². The second-order valence-corrected chi connectivity index (χ2v) is 12.6. The van der Waals surface area contributed by atoms with Crippen molar-refractivity contribution in [2.75, 3.05) is 6.61 Å². The first-order valence-electron chi connectivity index (χ1n) is 12.5. The standard InChI is InChI=1S/C22H42Cl2O7S2/c1-2-3-4-9-13-16-21(24)22-18-17-20(23)15-12-10-7-5-6-8-11-14-19-29-32(25,26)31-33(27,28)30-22/h20-22H,2-19H2,1H3. The van der Waals surface area contributed by atoms with E-state index in [1.807, 2.05) is 0 Å². The largest absolute Gasteiger partial charge is 0.416 e. The highest BCUT2D eigenvalue weighted by Gasteiger charge is 2.32. The van der Waals surface area contributed by atoms with Crippen molar-refractivity contribution in [3.63, 3.8) is 0 Å². The Balaban J connectivity index is 2.80. The number of rotatable bonds is 7. The second kappa shape index (κ2) is 17.7. The van der Waals surface area contributed by atoms with Gasteiger partial charge in [-0.1, -0.05) is 84.0 Å². The van der Waals surface area contributed by atoms with Crippen LogP contribution in [-0.2, 0) is 32.8 Å². The van der Waals surface area contributed by atoms with E-state index < -0.39 is 32.3 Å². The first kappa shape index (κ1) is 31.4. The molecule has 0 aliphatic carbocycles. The van der Waals surface area contributed by atoms with Gasteiger partial charge in [0, 0.05) is 5.38 Å². The van der Waals surface area contributed by atoms with Crippen molar-refractivity contribution >= 4 is 44.0 Å². The molecule has 0 aromatic rings. The van der Waals surface area contributed by atoms with Gasteiger partial charge in [-0.15, -0.1) is 26.8 Å². The Labute approximate surface area is 211 Å². The van der Waals surface area contributed by atoms with E-state index in [1.54, 1.807) is 0 Å². The van der Waals surface area contributed by atoms with Crippen molar-refractivity contribution in [1.82, 2.24) is 0 Å². The second-order valence-electron chi connectivity index (χ2n) is 8.85. The monoisotopic (exact) mass is 552 g/mol. The summed E-state index contributed by atoms with van der Waals surface area (Å²) in [5.41, 5.74) is 0. The van der Waals surface area contributed by atoms with Gasteiger partial charge in [-0.25, -0.2) is 8.37 Å². The van der Waals surface area contributed by atoms with Crippen molar-refractivity contribution < 1.29 is 28.8 Å². The predicted octanol–water partition coefficient (Wildman–Crippen LogP) is 6.77. The van der Waals surface area contributed by atoms with E-state index in [2.05, 4.69) is 14.7 Å². The van der Waals surface area contributed by atoms with Crippen LogP contribution in [0.25, 0.3) is 0 Å². The third-order valence-electron chi connectivity index (χ3n) is 5.80. The molecule has 1 aliphatic rings. The molecular formula is C22H42Cl2O7S2. The number of alkyl halides is 2. The average molecular weight is 554 g/mol. The molecule has 11 heteroatoms. The lowest BCUT2D eigenvalue weighted by molar-refractivity contribution is 0.158. The van der Waals surface area contributed by atoms with Crippen molar-refractivity contribution in [2.24, 2.45) is 0 Å². The summed E-state index contributed by atoms with van der Waals surface area (Å²) in [6, 6.07) is 0. The number of hydrogen-bond acceptors (Lipinski definition) is 7. The molecule has 0 radical (unpaired) electrons. The normalized spacial score (nSPS) is 27.6. The van der Waals surface area contributed by atoms with E-state index in [4.69, 9.17) is 27.4 Å². The summed E-state index contributed by atoms with van der Waals surface area (Å²) < 4.78 is 62.7. The first-order valence-corrected chi connectivity index (χ1v) is 16.0. The Morgan fingerprint density at radius 1 is 0.788 bits per heavy atom. The fourth-order valence-electron chi connectivity index (χ4n) is 3.89. The summed E-state index contributed by atoms with van der Waals surface area (Å²) in [7, 11) is -9.61. The predicted molar refractivity (Wildman–Crippen MR) is 133 cm³/mol. The molecule has 0 aromatic carbocycles. The molecule has 1 aliphatic heterocycles. The molecule has 3 unspecified atom stereocenters. The number of halogens is 2. The molecule has 1 fully saturated rings. The van der Waals surface area contributed by atoms with E-state index in [0.717, 1.165) is 83.5 Å². The number of hydrogen-bond donors (Lipinski definition) is 0. The fourth-order valence-corrected chi connectivity index (χ4v) is 6.52. The lowest BCUT2D eigenvalue weighted by Crippen LogP contribution is -2.31. The zero-order valence-corrected chi connectivity index (χ0v) is 23.0. The first-order chi connectivity index (χ1) is 15.7. The Bertz CT molecular complexity index is 702. The zero-order chi connectivity index (χ0) is 24.6. The quantitative estimate of drug-likeness (QED) is 0.253. The van der Waals surface area contributed by atoms with Gasteiger partial charge in [-0.05, 0) is 32.1 Å². The van der Waals surface area contributed by atoms with E-state index in [9.17, 15) is 16.8 Å². The Morgan fingerprint density at radius 2 is 1.39 bits per heavy atom. The van der Waals surface area contributed by atoms with Gasteiger partial charge >= 0.3 is 20.8 Å². The molecule has 0 spiro atoms. The Kier molecular flexibility index (Phi) is 16.9. The third kappa shape index (κ3) is 16.6. The van der Waals surface area contributed by atoms with Gasteiger partial charge in [0.15, 0.2) is 0 Å². The summed E-state index contributed by atoms with van der Waals surface area (Å²) in [6.45, 7) is 2.00. The van der Waals surface area contributed by atoms with Gasteiger partial charge in [0.25, 0.3) is 0 Å². The van der Waals surface area contributed by atoms with Crippen LogP contribution in [0.1, 0.15) is 116 Å². The van der Waals surface area contributed by atoms with Crippen LogP contribution in [-0.4, -0.2) is 40.3 Å². The molecule has 0 N–H and O–H groups in total. The highest BCUT2D eigenvalue weighted by molar-refractivity contribution is 7.95. The Morgan fingerprint density at radius 3 is 2.06 bits per heavy atom. The molecule has 198 valence electrons. The lowest BCUT2D eigenvalue weighted by Gasteiger charge is -2.23. The highest BCUT2D eigenvalue weighted by atomic mass is 35.5. The van der Waals surface area contributed by atoms with Gasteiger partial charge in [-0.2, -0.15) is 16.8 Å². The van der Waals surface area contributed by atoms with Crippen LogP contribution in [0.5, 0.6) is 0 Å². The minimum absolute atomic E-state index is 0.123. The maximum Gasteiger partial charge on any atom is 0.416 e. The SMILES string of the molecule is CCCCCCCC(Cl)C1CCC(Cl)CCCCCCCCCCOS(=O)(=O)OS(=O)(=O)O1. The minimum Gasteiger partial charge on any atom is -0.247 e. The van der Waals surface area contributed by atoms with Crippen LogP contribution in [0.3, 0.4) is 0 Å². The van der Waals surface area contributed by atoms with Crippen molar-refractivity contribution in [3.8, 4) is 0 Å². The minimum atomic E-state index is -4.87. The topological polar surface area (TPSA) is 96.0 Å². The molecule has 0 aromatic heterocycles. The highest BCUT2D eigenvalue weighted by Crippen LogP contribution is 2.26. The van der Waals surface area contributed by atoms with Crippen molar-refractivity contribution in [3.05, 3.63) is 0 Å². The molecular weight excluding hydrogens is 511 g/mol. The molecule has 0 amide bonds. The zero-order valence-electron chi connectivity index (χ0n) is 19.9. The average Bonchev–Trinajstić information content (AvgIpc) is 2.73. The summed E-state index contributed by atoms with van der Waals surface area (Å²) in [6.07, 6.45) is 14.2. The fraction of sp³-hybridized carbons (Fsp3) is 1.00. The van der Waals surface area contributed by atoms with Gasteiger partial charge in [0.1, 0.15) is 0 Å². The molecule has 7 nitrogen and oxygen atoms in total. The van der Waals surface area contributed by atoms with Crippen LogP contribution in [0.15, 0.2) is 0 Å². The van der Waals surface area contributed by atoms with Crippen molar-refractivity contribution in [1.29, 1.82) is 0 Å². The van der Waals surface area contributed by atoms with E-state index in [-0.39, 0.29) is 12.0 Å². The summed E-state index contributed by atoms with van der Waals surface area (Å²) in [5, 5.41) is -0.728. The molecule has 0 saturated carbocycles. The van der Waals surface area contributed by atoms with Crippen LogP contribution in [0.2, 0.25) is 0 Å². The summed E-state index contributed by atoms with van der Waals surface area (Å²) in [5.74, 6) is 0. The van der Waals surface area contributed by atoms with Gasteiger partial charge < -0.3 is 0 Å². The van der Waals surface area contributed by atoms with Gasteiger partial charge in [0.2, 0.25) is 0 Å². The molecule has 1 rings (SSSR count). The number of unbranched alkanes of at least 4 members (excludes halogenated alkanes) is 4. The van der Waals surface area contributed by atoms with E-state index in [0.29, 0.717) is 25.7 Å². The molecule has 3 atom stereocenters. The van der Waals surface area contributed by atoms with Crippen LogP contribution >= 0.6 is 23.2 Å². The molecule has 1 saturated heterocycles. The van der Waals surface area contributed by atoms with Crippen molar-refractivity contribution in [2.45, 2.75) is 133 Å². The third-order valence-corrected chi connectivity index (χ3v) is 9.01.